The van der Waals surface area contributed by atoms with Crippen molar-refractivity contribution in [3.05, 3.63) is 23.2 Å². The first-order valence-electron chi connectivity index (χ1n) is 5.76. The van der Waals surface area contributed by atoms with Crippen LogP contribution in [0.1, 0.15) is 28.8 Å². The molecular weight excluding hydrogens is 220 g/mol. The summed E-state index contributed by atoms with van der Waals surface area (Å²) in [7, 11) is 2.06. The molecule has 1 rings (SSSR count). The molecule has 0 unspecified atom stereocenters. The van der Waals surface area contributed by atoms with E-state index in [-0.39, 0.29) is 5.76 Å². The van der Waals surface area contributed by atoms with Gasteiger partial charge < -0.3 is 19.7 Å². The lowest BCUT2D eigenvalue weighted by Gasteiger charge is -2.13. The number of likely N-dealkylation sites (N-methyl/N-ethyl adjacent to an activating group) is 1. The van der Waals surface area contributed by atoms with Crippen LogP contribution < -0.4 is 5.32 Å². The summed E-state index contributed by atoms with van der Waals surface area (Å²) < 4.78 is 5.13. The Hall–Kier alpha value is -1.33. The van der Waals surface area contributed by atoms with Crippen LogP contribution in [0.2, 0.25) is 0 Å². The van der Waals surface area contributed by atoms with Crippen molar-refractivity contribution in [3.8, 4) is 0 Å². The molecular formula is C12H20N2O3. The zero-order valence-electron chi connectivity index (χ0n) is 10.6. The Morgan fingerprint density at radius 3 is 2.82 bits per heavy atom. The monoisotopic (exact) mass is 240 g/mol. The summed E-state index contributed by atoms with van der Waals surface area (Å²) in [6.07, 6.45) is 0. The second kappa shape index (κ2) is 6.42. The van der Waals surface area contributed by atoms with Crippen molar-refractivity contribution in [1.29, 1.82) is 0 Å². The molecule has 0 aliphatic carbocycles. The molecule has 0 saturated carbocycles. The fourth-order valence-electron chi connectivity index (χ4n) is 1.45. The van der Waals surface area contributed by atoms with E-state index in [4.69, 9.17) is 9.52 Å². The van der Waals surface area contributed by atoms with E-state index in [2.05, 4.69) is 24.2 Å². The predicted octanol–water partition coefficient (Wildman–Crippen LogP) is 1.33. The second-order valence-electron chi connectivity index (χ2n) is 4.07. The van der Waals surface area contributed by atoms with Gasteiger partial charge in [0.2, 0.25) is 5.76 Å². The average molecular weight is 240 g/mol. The minimum atomic E-state index is -1.02. The normalized spacial score (nSPS) is 11.1. The number of hydrogen-bond donors (Lipinski definition) is 2. The molecule has 0 amide bonds. The molecule has 1 aromatic rings. The van der Waals surface area contributed by atoms with Crippen LogP contribution in [0.3, 0.4) is 0 Å². The molecule has 0 bridgehead atoms. The van der Waals surface area contributed by atoms with Crippen molar-refractivity contribution in [2.24, 2.45) is 0 Å². The Bertz CT molecular complexity index is 374. The molecule has 2 N–H and O–H groups in total. The van der Waals surface area contributed by atoms with Crippen LogP contribution in [-0.2, 0) is 6.54 Å². The van der Waals surface area contributed by atoms with Crippen molar-refractivity contribution in [1.82, 2.24) is 10.2 Å². The van der Waals surface area contributed by atoms with Gasteiger partial charge in [-0.25, -0.2) is 4.79 Å². The first kappa shape index (κ1) is 13.7. The maximum atomic E-state index is 10.7. The van der Waals surface area contributed by atoms with Crippen molar-refractivity contribution >= 4 is 5.97 Å². The van der Waals surface area contributed by atoms with Gasteiger partial charge in [-0.05, 0) is 26.6 Å². The van der Waals surface area contributed by atoms with Crippen molar-refractivity contribution in [2.45, 2.75) is 20.4 Å². The molecule has 1 aromatic heterocycles. The maximum Gasteiger partial charge on any atom is 0.371 e. The summed E-state index contributed by atoms with van der Waals surface area (Å²) in [6.45, 7) is 7.40. The molecule has 96 valence electrons. The highest BCUT2D eigenvalue weighted by molar-refractivity contribution is 5.84. The fraction of sp³-hybridized carbons (Fsp3) is 0.583. The third-order valence-electron chi connectivity index (χ3n) is 2.76. The number of nitrogens with one attached hydrogen (secondary N) is 1. The van der Waals surface area contributed by atoms with Crippen molar-refractivity contribution in [2.75, 3.05) is 26.7 Å². The van der Waals surface area contributed by atoms with Gasteiger partial charge in [0.15, 0.2) is 0 Å². The Morgan fingerprint density at radius 2 is 2.29 bits per heavy atom. The van der Waals surface area contributed by atoms with E-state index in [9.17, 15) is 4.79 Å². The highest BCUT2D eigenvalue weighted by Crippen LogP contribution is 2.14. The predicted molar refractivity (Wildman–Crippen MR) is 65.3 cm³/mol. The lowest BCUT2D eigenvalue weighted by Crippen LogP contribution is -2.28. The third kappa shape index (κ3) is 4.20. The topological polar surface area (TPSA) is 65.7 Å². The number of furan rings is 1. The van der Waals surface area contributed by atoms with Crippen molar-refractivity contribution < 1.29 is 14.3 Å². The van der Waals surface area contributed by atoms with Gasteiger partial charge in [0.05, 0.1) is 0 Å². The van der Waals surface area contributed by atoms with E-state index in [1.165, 1.54) is 0 Å². The SMILES string of the molecule is CCN(C)CCNCc1cc(C(=O)O)oc1C. The quantitative estimate of drug-likeness (QED) is 0.704. The van der Waals surface area contributed by atoms with Gasteiger partial charge in [-0.1, -0.05) is 6.92 Å². The Balaban J connectivity index is 2.39. The summed E-state index contributed by atoms with van der Waals surface area (Å²) in [5, 5.41) is 12.0. The van der Waals surface area contributed by atoms with E-state index in [0.29, 0.717) is 12.3 Å². The fourth-order valence-corrected chi connectivity index (χ4v) is 1.45. The molecule has 5 nitrogen and oxygen atoms in total. The Morgan fingerprint density at radius 1 is 1.59 bits per heavy atom. The summed E-state index contributed by atoms with van der Waals surface area (Å²) in [5.74, 6) is -0.353. The Kier molecular flexibility index (Phi) is 5.18. The lowest BCUT2D eigenvalue weighted by atomic mass is 10.2. The molecule has 0 saturated heterocycles. The van der Waals surface area contributed by atoms with Gasteiger partial charge in [0.25, 0.3) is 0 Å². The third-order valence-corrected chi connectivity index (χ3v) is 2.76. The van der Waals surface area contributed by atoms with Gasteiger partial charge in [-0.3, -0.25) is 0 Å². The number of rotatable bonds is 7. The minimum Gasteiger partial charge on any atom is -0.475 e. The maximum absolute atomic E-state index is 10.7. The minimum absolute atomic E-state index is 0.00461. The molecule has 0 aromatic carbocycles. The smallest absolute Gasteiger partial charge is 0.371 e. The van der Waals surface area contributed by atoms with Crippen molar-refractivity contribution in [3.63, 3.8) is 0 Å². The van der Waals surface area contributed by atoms with Crippen LogP contribution in [0.4, 0.5) is 0 Å². The number of carbonyl (C=O) groups is 1. The first-order valence-corrected chi connectivity index (χ1v) is 5.76. The number of carboxylic acids is 1. The van der Waals surface area contributed by atoms with E-state index in [1.807, 2.05) is 0 Å². The van der Waals surface area contributed by atoms with Gasteiger partial charge in [-0.15, -0.1) is 0 Å². The molecule has 17 heavy (non-hydrogen) atoms. The van der Waals surface area contributed by atoms with Crippen LogP contribution in [-0.4, -0.2) is 42.7 Å². The first-order chi connectivity index (χ1) is 8.04. The van der Waals surface area contributed by atoms with E-state index >= 15 is 0 Å². The van der Waals surface area contributed by atoms with Crippen LogP contribution in [0.25, 0.3) is 0 Å². The molecule has 0 atom stereocenters. The summed E-state index contributed by atoms with van der Waals surface area (Å²) in [4.78, 5) is 12.9. The number of carboxylic acid groups (broad SMARTS) is 1. The molecule has 0 aliphatic rings. The van der Waals surface area contributed by atoms with Crippen LogP contribution >= 0.6 is 0 Å². The van der Waals surface area contributed by atoms with Gasteiger partial charge in [0, 0.05) is 25.2 Å². The van der Waals surface area contributed by atoms with Crippen LogP contribution in [0, 0.1) is 6.92 Å². The zero-order chi connectivity index (χ0) is 12.8. The number of aryl methyl sites for hydroxylation is 1. The van der Waals surface area contributed by atoms with Gasteiger partial charge >= 0.3 is 5.97 Å². The van der Waals surface area contributed by atoms with Crippen LogP contribution in [0.5, 0.6) is 0 Å². The molecule has 0 radical (unpaired) electrons. The molecule has 1 heterocycles. The highest BCUT2D eigenvalue weighted by atomic mass is 16.4. The standard InChI is InChI=1S/C12H20N2O3/c1-4-14(3)6-5-13-8-10-7-11(12(15)16)17-9(10)2/h7,13H,4-6,8H2,1-3H3,(H,15,16). The number of aromatic carboxylic acids is 1. The number of hydrogen-bond acceptors (Lipinski definition) is 4. The van der Waals surface area contributed by atoms with E-state index < -0.39 is 5.97 Å². The van der Waals surface area contributed by atoms with Gasteiger partial charge in [0.1, 0.15) is 5.76 Å². The molecule has 0 spiro atoms. The lowest BCUT2D eigenvalue weighted by molar-refractivity contribution is 0.0661. The number of nitrogens with zero attached hydrogens (tertiary/aromatic N) is 1. The molecule has 0 fully saturated rings. The Labute approximate surface area is 101 Å². The largest absolute Gasteiger partial charge is 0.475 e. The molecule has 5 heteroatoms. The summed E-state index contributed by atoms with van der Waals surface area (Å²) in [5.41, 5.74) is 0.904. The summed E-state index contributed by atoms with van der Waals surface area (Å²) >= 11 is 0. The average Bonchev–Trinajstić information content (AvgIpc) is 2.66. The zero-order valence-corrected chi connectivity index (χ0v) is 10.6. The summed E-state index contributed by atoms with van der Waals surface area (Å²) in [6, 6.07) is 1.58. The van der Waals surface area contributed by atoms with Gasteiger partial charge in [-0.2, -0.15) is 0 Å². The van der Waals surface area contributed by atoms with E-state index in [1.54, 1.807) is 13.0 Å². The van der Waals surface area contributed by atoms with E-state index in [0.717, 1.165) is 25.2 Å². The van der Waals surface area contributed by atoms with Crippen LogP contribution in [0.15, 0.2) is 10.5 Å². The second-order valence-corrected chi connectivity index (χ2v) is 4.07. The molecule has 0 aliphatic heterocycles. The highest BCUT2D eigenvalue weighted by Gasteiger charge is 2.12.